The van der Waals surface area contributed by atoms with E-state index in [4.69, 9.17) is 5.73 Å². The molecule has 0 aliphatic heterocycles. The molecule has 5 nitrogen and oxygen atoms in total. The second-order valence-corrected chi connectivity index (χ2v) is 6.89. The van der Waals surface area contributed by atoms with E-state index in [0.717, 1.165) is 34.2 Å². The van der Waals surface area contributed by atoms with Gasteiger partial charge in [0.1, 0.15) is 11.5 Å². The minimum Gasteiger partial charge on any atom is -0.396 e. The van der Waals surface area contributed by atoms with Crippen LogP contribution in [0.4, 0.5) is 14.5 Å². The number of aromatic amines is 1. The molecule has 3 heterocycles. The first kappa shape index (κ1) is 17.9. The molecule has 0 radical (unpaired) electrons. The third-order valence-corrected chi connectivity index (χ3v) is 5.06. The van der Waals surface area contributed by atoms with Gasteiger partial charge in [0.25, 0.3) is 0 Å². The van der Waals surface area contributed by atoms with Gasteiger partial charge < -0.3 is 10.7 Å². The number of aromatic nitrogens is 3. The van der Waals surface area contributed by atoms with E-state index in [-0.39, 0.29) is 11.3 Å². The summed E-state index contributed by atoms with van der Waals surface area (Å²) in [6.07, 6.45) is 4.80. The Morgan fingerprint density at radius 1 is 1.00 bits per heavy atom. The van der Waals surface area contributed by atoms with E-state index in [1.54, 1.807) is 18.5 Å². The Bertz CT molecular complexity index is 1460. The van der Waals surface area contributed by atoms with Crippen LogP contribution in [0.3, 0.4) is 0 Å². The van der Waals surface area contributed by atoms with Gasteiger partial charge in [-0.1, -0.05) is 12.1 Å². The maximum absolute atomic E-state index is 14.4. The Kier molecular flexibility index (Phi) is 4.03. The van der Waals surface area contributed by atoms with Gasteiger partial charge in [-0.05, 0) is 42.0 Å². The highest BCUT2D eigenvalue weighted by Gasteiger charge is 2.24. The first-order valence-electron chi connectivity index (χ1n) is 9.13. The normalized spacial score (nSPS) is 11.3. The molecule has 30 heavy (non-hydrogen) atoms. The number of ketones is 1. The van der Waals surface area contributed by atoms with Gasteiger partial charge in [-0.25, -0.2) is 13.8 Å². The quantitative estimate of drug-likeness (QED) is 0.334. The van der Waals surface area contributed by atoms with Crippen LogP contribution in [-0.2, 0) is 0 Å². The van der Waals surface area contributed by atoms with E-state index in [1.807, 2.05) is 30.3 Å². The summed E-state index contributed by atoms with van der Waals surface area (Å²) in [4.78, 5) is 24.5. The van der Waals surface area contributed by atoms with Crippen LogP contribution in [0.15, 0.2) is 67.1 Å². The summed E-state index contributed by atoms with van der Waals surface area (Å²) < 4.78 is 28.6. The van der Waals surface area contributed by atoms with E-state index >= 15 is 0 Å². The largest absolute Gasteiger partial charge is 0.396 e. The van der Waals surface area contributed by atoms with Crippen molar-refractivity contribution in [2.24, 2.45) is 0 Å². The molecule has 0 saturated heterocycles. The first-order chi connectivity index (χ1) is 14.5. The summed E-state index contributed by atoms with van der Waals surface area (Å²) in [7, 11) is 0. The van der Waals surface area contributed by atoms with Crippen LogP contribution in [0, 0.1) is 11.6 Å². The monoisotopic (exact) mass is 400 g/mol. The number of anilines is 1. The van der Waals surface area contributed by atoms with Gasteiger partial charge in [0.05, 0.1) is 16.8 Å². The number of nitrogen functional groups attached to an aromatic ring is 1. The van der Waals surface area contributed by atoms with Gasteiger partial charge in [0, 0.05) is 40.5 Å². The number of hydrogen-bond donors (Lipinski definition) is 2. The fraction of sp³-hybridized carbons (Fsp3) is 0. The van der Waals surface area contributed by atoms with Crippen LogP contribution < -0.4 is 5.73 Å². The molecule has 0 aliphatic rings. The van der Waals surface area contributed by atoms with E-state index in [1.165, 1.54) is 6.20 Å². The van der Waals surface area contributed by atoms with Gasteiger partial charge in [-0.3, -0.25) is 9.78 Å². The zero-order valence-electron chi connectivity index (χ0n) is 15.5. The number of nitrogens with one attached hydrogen (secondary N) is 1. The Balaban J connectivity index is 1.65. The Morgan fingerprint density at radius 3 is 2.73 bits per heavy atom. The average Bonchev–Trinajstić information content (AvgIpc) is 3.19. The van der Waals surface area contributed by atoms with Crippen molar-refractivity contribution in [3.63, 3.8) is 0 Å². The highest BCUT2D eigenvalue weighted by molar-refractivity contribution is 6.16. The predicted octanol–water partition coefficient (Wildman–Crippen LogP) is 4.87. The standard InChI is InChI=1S/C23H14F2N4O/c24-17-4-5-18(26)21(25)20(17)22(30)16-11-29-23-15(16)9-14(10-28-23)12-3-6-19-13(8-12)2-1-7-27-19/h1-11H,26H2,(H,28,29). The Morgan fingerprint density at radius 2 is 1.87 bits per heavy atom. The van der Waals surface area contributed by atoms with E-state index in [9.17, 15) is 13.6 Å². The van der Waals surface area contributed by atoms with Crippen molar-refractivity contribution in [2.75, 3.05) is 5.73 Å². The molecule has 0 spiro atoms. The topological polar surface area (TPSA) is 84.7 Å². The summed E-state index contributed by atoms with van der Waals surface area (Å²) in [6, 6.07) is 13.4. The molecule has 5 aromatic rings. The summed E-state index contributed by atoms with van der Waals surface area (Å²) in [5, 5.41) is 1.43. The number of benzene rings is 2. The van der Waals surface area contributed by atoms with Crippen LogP contribution in [0.2, 0.25) is 0 Å². The highest BCUT2D eigenvalue weighted by Crippen LogP contribution is 2.29. The number of hydrogen-bond acceptors (Lipinski definition) is 4. The van der Waals surface area contributed by atoms with Crippen LogP contribution in [0.25, 0.3) is 33.1 Å². The molecular formula is C23H14F2N4O. The van der Waals surface area contributed by atoms with E-state index in [0.29, 0.717) is 11.0 Å². The molecule has 0 bridgehead atoms. The lowest BCUT2D eigenvalue weighted by atomic mass is 9.99. The third kappa shape index (κ3) is 2.79. The summed E-state index contributed by atoms with van der Waals surface area (Å²) in [5.41, 5.74) is 7.61. The molecule has 5 rings (SSSR count). The Labute approximate surface area is 169 Å². The van der Waals surface area contributed by atoms with E-state index in [2.05, 4.69) is 15.0 Å². The number of nitrogens with two attached hydrogens (primary N) is 1. The number of rotatable bonds is 3. The lowest BCUT2D eigenvalue weighted by Gasteiger charge is -2.07. The van der Waals surface area contributed by atoms with Crippen molar-refractivity contribution >= 4 is 33.4 Å². The molecule has 0 unspecified atom stereocenters. The molecule has 0 atom stereocenters. The van der Waals surface area contributed by atoms with Crippen molar-refractivity contribution in [3.05, 3.63) is 89.9 Å². The van der Waals surface area contributed by atoms with Crippen LogP contribution in [-0.4, -0.2) is 20.7 Å². The molecule has 0 fully saturated rings. The second kappa shape index (κ2) is 6.73. The second-order valence-electron chi connectivity index (χ2n) is 6.89. The lowest BCUT2D eigenvalue weighted by Crippen LogP contribution is -2.09. The lowest BCUT2D eigenvalue weighted by molar-refractivity contribution is 0.103. The first-order valence-corrected chi connectivity index (χ1v) is 9.13. The minimum atomic E-state index is -1.07. The zero-order valence-corrected chi connectivity index (χ0v) is 15.5. The molecule has 2 aromatic carbocycles. The fourth-order valence-corrected chi connectivity index (χ4v) is 3.52. The van der Waals surface area contributed by atoms with Crippen molar-refractivity contribution in [1.29, 1.82) is 0 Å². The Hall–Kier alpha value is -4.13. The number of halogens is 2. The molecule has 3 N–H and O–H groups in total. The number of fused-ring (bicyclic) bond motifs is 2. The van der Waals surface area contributed by atoms with E-state index < -0.39 is 23.0 Å². The van der Waals surface area contributed by atoms with Gasteiger partial charge >= 0.3 is 0 Å². The molecule has 7 heteroatoms. The van der Waals surface area contributed by atoms with Crippen molar-refractivity contribution in [1.82, 2.24) is 15.0 Å². The third-order valence-electron chi connectivity index (χ3n) is 5.06. The van der Waals surface area contributed by atoms with Crippen LogP contribution >= 0.6 is 0 Å². The predicted molar refractivity (Wildman–Crippen MR) is 111 cm³/mol. The van der Waals surface area contributed by atoms with Crippen LogP contribution in [0.1, 0.15) is 15.9 Å². The van der Waals surface area contributed by atoms with Crippen molar-refractivity contribution in [2.45, 2.75) is 0 Å². The molecule has 146 valence electrons. The fourth-order valence-electron chi connectivity index (χ4n) is 3.52. The average molecular weight is 400 g/mol. The molecule has 0 saturated carbocycles. The smallest absolute Gasteiger partial charge is 0.201 e. The van der Waals surface area contributed by atoms with Gasteiger partial charge in [-0.15, -0.1) is 0 Å². The highest BCUT2D eigenvalue weighted by atomic mass is 19.1. The molecule has 0 aliphatic carbocycles. The summed E-state index contributed by atoms with van der Waals surface area (Å²) in [5.74, 6) is -2.84. The molecule has 0 amide bonds. The van der Waals surface area contributed by atoms with Crippen molar-refractivity contribution < 1.29 is 13.6 Å². The van der Waals surface area contributed by atoms with Gasteiger partial charge in [0.2, 0.25) is 5.78 Å². The summed E-state index contributed by atoms with van der Waals surface area (Å²) in [6.45, 7) is 0. The SMILES string of the molecule is Nc1ccc(F)c(C(=O)c2c[nH]c3ncc(-c4ccc5ncccc5c4)cc23)c1F. The molecule has 3 aromatic heterocycles. The zero-order chi connectivity index (χ0) is 20.8. The van der Waals surface area contributed by atoms with Crippen LogP contribution in [0.5, 0.6) is 0 Å². The van der Waals surface area contributed by atoms with Gasteiger partial charge in [-0.2, -0.15) is 0 Å². The number of pyridine rings is 2. The van der Waals surface area contributed by atoms with Gasteiger partial charge in [0.15, 0.2) is 5.82 Å². The summed E-state index contributed by atoms with van der Waals surface area (Å²) >= 11 is 0. The number of H-pyrrole nitrogens is 1. The number of nitrogens with zero attached hydrogens (tertiary/aromatic N) is 2. The minimum absolute atomic E-state index is 0.116. The number of carbonyl (C=O) groups is 1. The molecular weight excluding hydrogens is 386 g/mol. The van der Waals surface area contributed by atoms with Crippen molar-refractivity contribution in [3.8, 4) is 11.1 Å². The maximum Gasteiger partial charge on any atom is 0.201 e. The number of carbonyl (C=O) groups excluding carboxylic acids is 1. The maximum atomic E-state index is 14.4.